The van der Waals surface area contributed by atoms with Crippen LogP contribution in [0.4, 0.5) is 0 Å². The molecule has 2 atom stereocenters. The second-order valence-electron chi connectivity index (χ2n) is 25.1. The molecule has 0 aliphatic heterocycles. The molecule has 500 valence electrons. The number of likely N-dealkylation sites (N-methyl/N-ethyl adjacent to an activating group) is 1. The van der Waals surface area contributed by atoms with Crippen LogP contribution < -0.4 is 5.11 Å². The molecule has 0 saturated heterocycles. The molecule has 9 heteroatoms. The fraction of sp³-hybridized carbons (Fsp3) is 0.731. The molecule has 0 fully saturated rings. The lowest BCUT2D eigenvalue weighted by Gasteiger charge is -2.26. The lowest BCUT2D eigenvalue weighted by Crippen LogP contribution is -2.44. The second-order valence-corrected chi connectivity index (χ2v) is 25.1. The summed E-state index contributed by atoms with van der Waals surface area (Å²) in [6.45, 7) is 4.54. The highest BCUT2D eigenvalue weighted by Crippen LogP contribution is 2.18. The number of hydrogen-bond donors (Lipinski definition) is 0. The van der Waals surface area contributed by atoms with E-state index in [2.05, 4.69) is 123 Å². The van der Waals surface area contributed by atoms with E-state index in [0.29, 0.717) is 17.4 Å². The Hall–Kier alpha value is -4.05. The van der Waals surface area contributed by atoms with Crippen LogP contribution in [0, 0.1) is 0 Å². The van der Waals surface area contributed by atoms with Crippen LogP contribution in [-0.4, -0.2) is 82.3 Å². The molecule has 0 heterocycles. The molecule has 0 radical (unpaired) electrons. The summed E-state index contributed by atoms with van der Waals surface area (Å²) in [4.78, 5) is 37.5. The Labute approximate surface area is 536 Å². The normalized spacial score (nSPS) is 13.3. The molecule has 0 N–H and O–H groups in total. The molecule has 0 spiro atoms. The number of quaternary nitrogens is 1. The Morgan fingerprint density at radius 3 is 0.920 bits per heavy atom. The Morgan fingerprint density at radius 1 is 0.345 bits per heavy atom. The largest absolute Gasteiger partial charge is 0.545 e. The molecule has 0 aromatic heterocycles. The van der Waals surface area contributed by atoms with E-state index in [1.54, 1.807) is 0 Å². The summed E-state index contributed by atoms with van der Waals surface area (Å²) in [7, 11) is 5.93. The molecule has 0 rings (SSSR count). The van der Waals surface area contributed by atoms with Crippen molar-refractivity contribution in [2.45, 2.75) is 322 Å². The van der Waals surface area contributed by atoms with Gasteiger partial charge in [-0.05, 0) is 96.3 Å². The van der Waals surface area contributed by atoms with Gasteiger partial charge in [-0.1, -0.05) is 309 Å². The average molecular weight is 1210 g/mol. The topological polar surface area (TPSA) is 111 Å². The third kappa shape index (κ3) is 69.3. The molecule has 87 heavy (non-hydrogen) atoms. The smallest absolute Gasteiger partial charge is 0.306 e. The highest BCUT2D eigenvalue weighted by Gasteiger charge is 2.22. The first-order chi connectivity index (χ1) is 42.6. The molecule has 0 saturated carbocycles. The van der Waals surface area contributed by atoms with Gasteiger partial charge in [-0.2, -0.15) is 0 Å². The summed E-state index contributed by atoms with van der Waals surface area (Å²) in [5.74, 6) is -2.28. The third-order valence-electron chi connectivity index (χ3n) is 15.5. The van der Waals surface area contributed by atoms with Gasteiger partial charge < -0.3 is 33.3 Å². The van der Waals surface area contributed by atoms with Gasteiger partial charge in [0, 0.05) is 12.8 Å². The minimum Gasteiger partial charge on any atom is -0.545 e. The molecule has 0 bridgehead atoms. The van der Waals surface area contributed by atoms with Crippen LogP contribution in [-0.2, 0) is 33.3 Å². The minimum absolute atomic E-state index is 0.145. The quantitative estimate of drug-likeness (QED) is 0.0195. The number of carboxylic acid groups (broad SMARTS) is 1. The van der Waals surface area contributed by atoms with Crippen molar-refractivity contribution < 1.29 is 42.9 Å². The number of esters is 2. The van der Waals surface area contributed by atoms with Crippen molar-refractivity contribution in [2.24, 2.45) is 0 Å². The molecule has 0 aliphatic rings. The van der Waals surface area contributed by atoms with Crippen LogP contribution in [0.15, 0.2) is 109 Å². The van der Waals surface area contributed by atoms with E-state index in [1.807, 2.05) is 21.1 Å². The molecule has 0 amide bonds. The Morgan fingerprint density at radius 2 is 0.621 bits per heavy atom. The van der Waals surface area contributed by atoms with Gasteiger partial charge in [0.1, 0.15) is 13.2 Å². The van der Waals surface area contributed by atoms with Gasteiger partial charge in [-0.25, -0.2) is 0 Å². The predicted molar refractivity (Wildman–Crippen MR) is 370 cm³/mol. The van der Waals surface area contributed by atoms with Gasteiger partial charge in [0.25, 0.3) is 0 Å². The predicted octanol–water partition coefficient (Wildman–Crippen LogP) is 21.2. The van der Waals surface area contributed by atoms with E-state index in [0.717, 1.165) is 96.3 Å². The Bertz CT molecular complexity index is 1800. The first-order valence-electron chi connectivity index (χ1n) is 36.0. The lowest BCUT2D eigenvalue weighted by molar-refractivity contribution is -0.870. The number of allylic oxidation sites excluding steroid dienone is 18. The number of unbranched alkanes of at least 4 members (excludes halogenated alkanes) is 33. The molecule has 9 nitrogen and oxygen atoms in total. The van der Waals surface area contributed by atoms with Crippen LogP contribution >= 0.6 is 0 Å². The van der Waals surface area contributed by atoms with Crippen molar-refractivity contribution in [1.82, 2.24) is 0 Å². The summed E-state index contributed by atoms with van der Waals surface area (Å²) in [5, 5.41) is 11.8. The number of hydrogen-bond acceptors (Lipinski definition) is 8. The molecular weight excluding hydrogens is 1080 g/mol. The number of ether oxygens (including phenoxy) is 4. The summed E-state index contributed by atoms with van der Waals surface area (Å²) >= 11 is 0. The Kier molecular flexibility index (Phi) is 64.7. The van der Waals surface area contributed by atoms with Crippen molar-refractivity contribution in [3.8, 4) is 0 Å². The van der Waals surface area contributed by atoms with Crippen LogP contribution in [0.5, 0.6) is 0 Å². The molecular formula is C78H135NO8. The summed E-state index contributed by atoms with van der Waals surface area (Å²) < 4.78 is 22.8. The molecule has 2 unspecified atom stereocenters. The highest BCUT2D eigenvalue weighted by atomic mass is 16.7. The van der Waals surface area contributed by atoms with Crippen molar-refractivity contribution in [2.75, 3.05) is 47.5 Å². The van der Waals surface area contributed by atoms with Crippen molar-refractivity contribution in [3.05, 3.63) is 109 Å². The maximum absolute atomic E-state index is 12.9. The van der Waals surface area contributed by atoms with Crippen LogP contribution in [0.3, 0.4) is 0 Å². The molecule has 0 aromatic carbocycles. The first kappa shape index (κ1) is 83.0. The number of aliphatic carboxylic acids is 1. The van der Waals surface area contributed by atoms with E-state index in [9.17, 15) is 19.5 Å². The van der Waals surface area contributed by atoms with Crippen molar-refractivity contribution in [1.29, 1.82) is 0 Å². The fourth-order valence-electron chi connectivity index (χ4n) is 10.1. The van der Waals surface area contributed by atoms with Crippen molar-refractivity contribution >= 4 is 17.9 Å². The number of carbonyl (C=O) groups excluding carboxylic acids is 3. The molecule has 0 aliphatic carbocycles. The fourth-order valence-corrected chi connectivity index (χ4v) is 10.1. The summed E-state index contributed by atoms with van der Waals surface area (Å²) in [5.41, 5.74) is 0. The molecule has 0 aromatic rings. The lowest BCUT2D eigenvalue weighted by atomic mass is 10.0. The van der Waals surface area contributed by atoms with E-state index in [1.165, 1.54) is 180 Å². The first-order valence-corrected chi connectivity index (χ1v) is 36.0. The van der Waals surface area contributed by atoms with Gasteiger partial charge in [0.05, 0.1) is 40.3 Å². The second kappa shape index (κ2) is 67.9. The van der Waals surface area contributed by atoms with Gasteiger partial charge in [-0.3, -0.25) is 9.59 Å². The zero-order chi connectivity index (χ0) is 63.3. The third-order valence-corrected chi connectivity index (χ3v) is 15.5. The standard InChI is InChI=1S/C78H135NO8/c1-6-8-10-12-14-16-18-20-22-24-26-28-30-31-32-33-34-35-36-37-38-39-40-41-42-43-44-45-47-49-51-53-55-57-59-61-63-65-67-69-76(81)87-74(73-86-78(77(82)83)84-71-70-79(3,4)5)72-85-75(80)68-66-64-62-60-58-56-54-52-50-48-46-29-27-25-23-21-19-17-15-13-11-9-7-2/h8-11,14-17,20-23,26-29,31-32,74,78H,6-7,12-13,18-19,24-25,30,33-73H2,1-5H3/b10-8-,11-9-,16-14-,17-15-,22-20-,23-21-,28-26-,29-27-,32-31-. The number of carbonyl (C=O) groups is 3. The van der Waals surface area contributed by atoms with Gasteiger partial charge >= 0.3 is 11.9 Å². The van der Waals surface area contributed by atoms with E-state index in [-0.39, 0.29) is 38.6 Å². The average Bonchev–Trinajstić information content (AvgIpc) is 3.55. The zero-order valence-electron chi connectivity index (χ0n) is 57.1. The van der Waals surface area contributed by atoms with E-state index >= 15 is 0 Å². The maximum atomic E-state index is 12.9. The van der Waals surface area contributed by atoms with Gasteiger partial charge in [-0.15, -0.1) is 0 Å². The van der Waals surface area contributed by atoms with Crippen molar-refractivity contribution in [3.63, 3.8) is 0 Å². The number of nitrogens with zero attached hydrogens (tertiary/aromatic N) is 1. The van der Waals surface area contributed by atoms with E-state index < -0.39 is 24.3 Å². The maximum Gasteiger partial charge on any atom is 0.306 e. The SMILES string of the molecule is CC/C=C\C/C=C\C/C=C\C/C=C\C/C=C\CCCCCCCCCCCCCCCCCCCCCCCCCC(=O)OC(COC(=O)CCCCCCCCCCCC/C=C\C/C=C\C/C=C\C/C=C\CC)COC(OCC[N+](C)(C)C)C(=O)[O-]. The van der Waals surface area contributed by atoms with Gasteiger partial charge in [0.15, 0.2) is 12.4 Å². The number of rotatable bonds is 66. The van der Waals surface area contributed by atoms with Gasteiger partial charge in [0.2, 0.25) is 0 Å². The van der Waals surface area contributed by atoms with E-state index in [4.69, 9.17) is 18.9 Å². The highest BCUT2D eigenvalue weighted by molar-refractivity contribution is 5.70. The summed E-state index contributed by atoms with van der Waals surface area (Å²) in [6, 6.07) is 0. The van der Waals surface area contributed by atoms with Crippen LogP contribution in [0.1, 0.15) is 309 Å². The van der Waals surface area contributed by atoms with Crippen LogP contribution in [0.2, 0.25) is 0 Å². The summed E-state index contributed by atoms with van der Waals surface area (Å²) in [6.07, 6.45) is 91.8. The zero-order valence-corrected chi connectivity index (χ0v) is 57.1. The monoisotopic (exact) mass is 1210 g/mol. The Balaban J connectivity index is 4.03. The number of carboxylic acids is 1. The minimum atomic E-state index is -1.63. The van der Waals surface area contributed by atoms with Crippen LogP contribution in [0.25, 0.3) is 0 Å².